The Morgan fingerprint density at radius 3 is 2.48 bits per heavy atom. The topological polar surface area (TPSA) is 58.2 Å². The third-order valence-corrected chi connectivity index (χ3v) is 5.68. The lowest BCUT2D eigenvalue weighted by Gasteiger charge is -2.11. The molecule has 1 aromatic carbocycles. The second-order valence-corrected chi connectivity index (χ2v) is 8.04. The zero-order chi connectivity index (χ0) is 15.7. The highest BCUT2D eigenvalue weighted by Crippen LogP contribution is 2.12. The molecule has 0 amide bonds. The van der Waals surface area contributed by atoms with Crippen LogP contribution in [-0.4, -0.2) is 39.6 Å². The van der Waals surface area contributed by atoms with E-state index >= 15 is 0 Å². The fourth-order valence-corrected chi connectivity index (χ4v) is 3.31. The number of thioether (sulfide) groups is 1. The van der Waals surface area contributed by atoms with E-state index in [1.165, 1.54) is 5.56 Å². The standard InChI is InChI=1S/C15H26N2O2S2/c1-4-16-11-5-6-14-7-9-15(10-8-14)21(18,19)17-12-13(2)20-3/h7-10,13,16-17H,4-6,11-12H2,1-3H3. The highest BCUT2D eigenvalue weighted by Gasteiger charge is 2.14. The van der Waals surface area contributed by atoms with E-state index in [2.05, 4.69) is 17.0 Å². The number of rotatable bonds is 10. The van der Waals surface area contributed by atoms with Gasteiger partial charge in [0.1, 0.15) is 0 Å². The number of benzene rings is 1. The van der Waals surface area contributed by atoms with Crippen LogP contribution in [0.25, 0.3) is 0 Å². The number of aryl methyl sites for hydroxylation is 1. The SMILES string of the molecule is CCNCCCc1ccc(S(=O)(=O)NCC(C)SC)cc1. The van der Waals surface area contributed by atoms with Gasteiger partial charge in [-0.3, -0.25) is 0 Å². The van der Waals surface area contributed by atoms with Crippen LogP contribution >= 0.6 is 11.8 Å². The molecule has 21 heavy (non-hydrogen) atoms. The fourth-order valence-electron chi connectivity index (χ4n) is 1.82. The summed E-state index contributed by atoms with van der Waals surface area (Å²) < 4.78 is 26.9. The smallest absolute Gasteiger partial charge is 0.240 e. The molecule has 0 fully saturated rings. The van der Waals surface area contributed by atoms with Crippen LogP contribution in [0.3, 0.4) is 0 Å². The monoisotopic (exact) mass is 330 g/mol. The molecule has 4 nitrogen and oxygen atoms in total. The Morgan fingerprint density at radius 2 is 1.90 bits per heavy atom. The Kier molecular flexibility index (Phi) is 8.33. The minimum Gasteiger partial charge on any atom is -0.317 e. The van der Waals surface area contributed by atoms with E-state index < -0.39 is 10.0 Å². The van der Waals surface area contributed by atoms with Crippen LogP contribution in [-0.2, 0) is 16.4 Å². The number of hydrogen-bond donors (Lipinski definition) is 2. The number of sulfonamides is 1. The summed E-state index contributed by atoms with van der Waals surface area (Å²) in [5.74, 6) is 0. The molecule has 0 aliphatic carbocycles. The summed E-state index contributed by atoms with van der Waals surface area (Å²) in [5, 5.41) is 3.55. The zero-order valence-corrected chi connectivity index (χ0v) is 14.7. The Balaban J connectivity index is 2.56. The second kappa shape index (κ2) is 9.46. The Labute approximate surface area is 133 Å². The van der Waals surface area contributed by atoms with Gasteiger partial charge in [-0.25, -0.2) is 13.1 Å². The highest BCUT2D eigenvalue weighted by molar-refractivity contribution is 7.99. The first-order chi connectivity index (χ1) is 9.99. The van der Waals surface area contributed by atoms with Gasteiger partial charge >= 0.3 is 0 Å². The van der Waals surface area contributed by atoms with Gasteiger partial charge in [-0.2, -0.15) is 11.8 Å². The molecule has 1 atom stereocenters. The average molecular weight is 331 g/mol. The van der Waals surface area contributed by atoms with Crippen LogP contribution < -0.4 is 10.0 Å². The van der Waals surface area contributed by atoms with Crippen molar-refractivity contribution in [2.75, 3.05) is 25.9 Å². The summed E-state index contributed by atoms with van der Waals surface area (Å²) in [5.41, 5.74) is 1.17. The lowest BCUT2D eigenvalue weighted by atomic mass is 10.1. The van der Waals surface area contributed by atoms with Gasteiger partial charge in [-0.05, 0) is 49.9 Å². The van der Waals surface area contributed by atoms with Crippen molar-refractivity contribution < 1.29 is 8.42 Å². The minimum absolute atomic E-state index is 0.269. The molecule has 2 N–H and O–H groups in total. The molecule has 1 aromatic rings. The van der Waals surface area contributed by atoms with Gasteiger partial charge in [-0.1, -0.05) is 26.0 Å². The molecule has 0 spiro atoms. The predicted molar refractivity (Wildman–Crippen MR) is 91.5 cm³/mol. The van der Waals surface area contributed by atoms with Gasteiger partial charge in [0.25, 0.3) is 0 Å². The average Bonchev–Trinajstić information content (AvgIpc) is 2.50. The third-order valence-electron chi connectivity index (χ3n) is 3.27. The molecule has 0 radical (unpaired) electrons. The molecular weight excluding hydrogens is 304 g/mol. The van der Waals surface area contributed by atoms with E-state index in [4.69, 9.17) is 0 Å². The first kappa shape index (κ1) is 18.5. The summed E-state index contributed by atoms with van der Waals surface area (Å²) in [6.45, 7) is 6.51. The zero-order valence-electron chi connectivity index (χ0n) is 13.1. The molecule has 0 heterocycles. The van der Waals surface area contributed by atoms with Crippen LogP contribution in [0, 0.1) is 0 Å². The van der Waals surface area contributed by atoms with Crippen LogP contribution in [0.4, 0.5) is 0 Å². The molecule has 120 valence electrons. The van der Waals surface area contributed by atoms with Crippen LogP contribution in [0.15, 0.2) is 29.2 Å². The summed E-state index contributed by atoms with van der Waals surface area (Å²) in [6.07, 6.45) is 3.99. The highest BCUT2D eigenvalue weighted by atomic mass is 32.2. The van der Waals surface area contributed by atoms with Crippen molar-refractivity contribution in [2.24, 2.45) is 0 Å². The Bertz CT molecular complexity index is 501. The Morgan fingerprint density at radius 1 is 1.24 bits per heavy atom. The van der Waals surface area contributed by atoms with E-state index in [1.807, 2.05) is 25.3 Å². The van der Waals surface area contributed by atoms with Gasteiger partial charge in [0.15, 0.2) is 0 Å². The van der Waals surface area contributed by atoms with Crippen LogP contribution in [0.5, 0.6) is 0 Å². The maximum absolute atomic E-state index is 12.1. The molecule has 0 aliphatic heterocycles. The molecule has 0 saturated heterocycles. The molecule has 0 bridgehead atoms. The fraction of sp³-hybridized carbons (Fsp3) is 0.600. The van der Waals surface area contributed by atoms with Gasteiger partial charge in [0, 0.05) is 11.8 Å². The molecular formula is C15H26N2O2S2. The first-order valence-electron chi connectivity index (χ1n) is 7.31. The van der Waals surface area contributed by atoms with Crippen molar-refractivity contribution in [3.63, 3.8) is 0 Å². The van der Waals surface area contributed by atoms with E-state index in [1.54, 1.807) is 23.9 Å². The van der Waals surface area contributed by atoms with Crippen LogP contribution in [0.2, 0.25) is 0 Å². The van der Waals surface area contributed by atoms with E-state index in [0.717, 1.165) is 25.9 Å². The molecule has 0 aromatic heterocycles. The molecule has 0 aliphatic rings. The second-order valence-electron chi connectivity index (χ2n) is 5.00. The first-order valence-corrected chi connectivity index (χ1v) is 10.1. The summed E-state index contributed by atoms with van der Waals surface area (Å²) in [4.78, 5) is 0.339. The minimum atomic E-state index is -3.39. The van der Waals surface area contributed by atoms with Gasteiger partial charge in [0.2, 0.25) is 10.0 Å². The maximum atomic E-state index is 12.1. The van der Waals surface area contributed by atoms with E-state index in [9.17, 15) is 8.42 Å². The largest absolute Gasteiger partial charge is 0.317 e. The molecule has 0 saturated carbocycles. The summed E-state index contributed by atoms with van der Waals surface area (Å²) in [6, 6.07) is 7.18. The molecule has 1 unspecified atom stereocenters. The van der Waals surface area contributed by atoms with Crippen molar-refractivity contribution in [2.45, 2.75) is 36.8 Å². The lowest BCUT2D eigenvalue weighted by Crippen LogP contribution is -2.29. The maximum Gasteiger partial charge on any atom is 0.240 e. The third kappa shape index (κ3) is 6.82. The van der Waals surface area contributed by atoms with Crippen molar-refractivity contribution in [3.05, 3.63) is 29.8 Å². The lowest BCUT2D eigenvalue weighted by molar-refractivity contribution is 0.581. The van der Waals surface area contributed by atoms with Crippen molar-refractivity contribution in [3.8, 4) is 0 Å². The molecule has 6 heteroatoms. The summed E-state index contributed by atoms with van der Waals surface area (Å²) in [7, 11) is -3.39. The molecule has 1 rings (SSSR count). The van der Waals surface area contributed by atoms with Crippen LogP contribution in [0.1, 0.15) is 25.8 Å². The van der Waals surface area contributed by atoms with Crippen molar-refractivity contribution in [1.82, 2.24) is 10.0 Å². The van der Waals surface area contributed by atoms with Crippen molar-refractivity contribution in [1.29, 1.82) is 0 Å². The van der Waals surface area contributed by atoms with E-state index in [0.29, 0.717) is 11.4 Å². The van der Waals surface area contributed by atoms with Gasteiger partial charge in [-0.15, -0.1) is 0 Å². The van der Waals surface area contributed by atoms with Gasteiger partial charge in [0.05, 0.1) is 4.90 Å². The van der Waals surface area contributed by atoms with E-state index in [-0.39, 0.29) is 5.25 Å². The number of nitrogens with one attached hydrogen (secondary N) is 2. The Hall–Kier alpha value is -0.560. The van der Waals surface area contributed by atoms with Crippen molar-refractivity contribution >= 4 is 21.8 Å². The normalized spacial score (nSPS) is 13.3. The van der Waals surface area contributed by atoms with Gasteiger partial charge < -0.3 is 5.32 Å². The predicted octanol–water partition coefficient (Wildman–Crippen LogP) is 2.26. The number of hydrogen-bond acceptors (Lipinski definition) is 4. The summed E-state index contributed by atoms with van der Waals surface area (Å²) >= 11 is 1.64. The quantitative estimate of drug-likeness (QED) is 0.646.